The molecule has 0 atom stereocenters. The highest BCUT2D eigenvalue weighted by molar-refractivity contribution is 6.32. The quantitative estimate of drug-likeness (QED) is 0.852. The summed E-state index contributed by atoms with van der Waals surface area (Å²) in [6.07, 6.45) is 0.183. The summed E-state index contributed by atoms with van der Waals surface area (Å²) >= 11 is 6.03. The summed E-state index contributed by atoms with van der Waals surface area (Å²) in [5, 5.41) is 3.22. The maximum atomic E-state index is 12.0. The Morgan fingerprint density at radius 1 is 1.09 bits per heavy atom. The molecule has 2 aromatic carbocycles. The maximum absolute atomic E-state index is 12.0. The fraction of sp³-hybridized carbons (Fsp3) is 0.176. The van der Waals surface area contributed by atoms with Crippen LogP contribution >= 0.6 is 11.6 Å². The Kier molecular flexibility index (Phi) is 5.60. The molecular formula is C17H16ClNO4. The Morgan fingerprint density at radius 2 is 1.78 bits per heavy atom. The molecule has 0 aliphatic carbocycles. The van der Waals surface area contributed by atoms with E-state index < -0.39 is 5.97 Å². The lowest BCUT2D eigenvalue weighted by molar-refractivity contribution is -0.115. The molecule has 2 rings (SSSR count). The fourth-order valence-electron chi connectivity index (χ4n) is 2.02. The van der Waals surface area contributed by atoms with Crippen LogP contribution in [0, 0.1) is 0 Å². The van der Waals surface area contributed by atoms with Gasteiger partial charge in [0.25, 0.3) is 0 Å². The van der Waals surface area contributed by atoms with E-state index in [9.17, 15) is 9.59 Å². The second-order valence-corrected chi connectivity index (χ2v) is 5.17. The highest BCUT2D eigenvalue weighted by Gasteiger charge is 2.09. The summed E-state index contributed by atoms with van der Waals surface area (Å²) < 4.78 is 9.69. The number of hydrogen-bond acceptors (Lipinski definition) is 4. The van der Waals surface area contributed by atoms with Crippen molar-refractivity contribution in [2.24, 2.45) is 0 Å². The first-order valence-corrected chi connectivity index (χ1v) is 7.22. The second-order valence-electron chi connectivity index (χ2n) is 4.76. The molecule has 23 heavy (non-hydrogen) atoms. The first-order chi connectivity index (χ1) is 11.0. The van der Waals surface area contributed by atoms with Crippen molar-refractivity contribution < 1.29 is 19.1 Å². The number of esters is 1. The number of rotatable bonds is 5. The van der Waals surface area contributed by atoms with Gasteiger partial charge in [-0.05, 0) is 42.0 Å². The van der Waals surface area contributed by atoms with Crippen molar-refractivity contribution in [3.8, 4) is 5.75 Å². The van der Waals surface area contributed by atoms with Crippen molar-refractivity contribution in [3.63, 3.8) is 0 Å². The van der Waals surface area contributed by atoms with Crippen LogP contribution in [0.5, 0.6) is 5.75 Å². The highest BCUT2D eigenvalue weighted by Crippen LogP contribution is 2.25. The van der Waals surface area contributed by atoms with E-state index in [2.05, 4.69) is 10.1 Å². The molecule has 6 heteroatoms. The summed E-state index contributed by atoms with van der Waals surface area (Å²) in [4.78, 5) is 23.4. The normalized spacial score (nSPS) is 10.0. The predicted octanol–water partition coefficient (Wildman–Crippen LogP) is 3.32. The lowest BCUT2D eigenvalue weighted by Crippen LogP contribution is -2.14. The Morgan fingerprint density at radius 3 is 2.35 bits per heavy atom. The zero-order valence-electron chi connectivity index (χ0n) is 12.8. The molecule has 0 heterocycles. The van der Waals surface area contributed by atoms with Crippen LogP contribution in [0.25, 0.3) is 0 Å². The van der Waals surface area contributed by atoms with E-state index in [1.54, 1.807) is 42.5 Å². The van der Waals surface area contributed by atoms with Crippen molar-refractivity contribution >= 4 is 29.2 Å². The van der Waals surface area contributed by atoms with Gasteiger partial charge in [0, 0.05) is 5.69 Å². The van der Waals surface area contributed by atoms with Gasteiger partial charge < -0.3 is 14.8 Å². The van der Waals surface area contributed by atoms with Gasteiger partial charge in [0.15, 0.2) is 0 Å². The molecule has 2 aromatic rings. The number of anilines is 1. The van der Waals surface area contributed by atoms with Crippen molar-refractivity contribution in [1.29, 1.82) is 0 Å². The first-order valence-electron chi connectivity index (χ1n) is 6.84. The third kappa shape index (κ3) is 4.47. The van der Waals surface area contributed by atoms with Crippen LogP contribution in [0.4, 0.5) is 5.69 Å². The molecule has 1 amide bonds. The van der Waals surface area contributed by atoms with Crippen LogP contribution in [0.1, 0.15) is 15.9 Å². The van der Waals surface area contributed by atoms with Crippen molar-refractivity contribution in [1.82, 2.24) is 0 Å². The van der Waals surface area contributed by atoms with E-state index in [1.165, 1.54) is 14.2 Å². The number of methoxy groups -OCH3 is 2. The van der Waals surface area contributed by atoms with Crippen LogP contribution in [-0.2, 0) is 16.0 Å². The van der Waals surface area contributed by atoms with Crippen LogP contribution in [-0.4, -0.2) is 26.1 Å². The Bertz CT molecular complexity index is 713. The van der Waals surface area contributed by atoms with E-state index in [0.717, 1.165) is 5.56 Å². The maximum Gasteiger partial charge on any atom is 0.337 e. The fourth-order valence-corrected chi connectivity index (χ4v) is 2.30. The summed E-state index contributed by atoms with van der Waals surface area (Å²) in [5.41, 5.74) is 1.80. The van der Waals surface area contributed by atoms with Gasteiger partial charge in [-0.1, -0.05) is 17.7 Å². The molecule has 0 unspecified atom stereocenters. The number of carbonyl (C=O) groups is 2. The standard InChI is InChI=1S/C17H16ClNO4/c1-22-15-8-3-11(9-14(15)18)10-16(20)19-13-6-4-12(5-7-13)17(21)23-2/h3-9H,10H2,1-2H3,(H,19,20). The van der Waals surface area contributed by atoms with Crippen LogP contribution in [0.15, 0.2) is 42.5 Å². The monoisotopic (exact) mass is 333 g/mol. The van der Waals surface area contributed by atoms with Gasteiger partial charge in [0.2, 0.25) is 5.91 Å². The Balaban J connectivity index is 1.99. The van der Waals surface area contributed by atoms with Gasteiger partial charge in [0.1, 0.15) is 5.75 Å². The molecule has 0 aliphatic rings. The number of amides is 1. The van der Waals surface area contributed by atoms with Gasteiger partial charge in [-0.2, -0.15) is 0 Å². The number of halogens is 1. The van der Waals surface area contributed by atoms with Crippen molar-refractivity contribution in [3.05, 3.63) is 58.6 Å². The highest BCUT2D eigenvalue weighted by atomic mass is 35.5. The number of benzene rings is 2. The molecular weight excluding hydrogens is 318 g/mol. The molecule has 0 spiro atoms. The smallest absolute Gasteiger partial charge is 0.337 e. The summed E-state index contributed by atoms with van der Waals surface area (Å²) in [7, 11) is 2.85. The summed E-state index contributed by atoms with van der Waals surface area (Å²) in [6, 6.07) is 11.7. The van der Waals surface area contributed by atoms with E-state index >= 15 is 0 Å². The molecule has 0 saturated heterocycles. The minimum absolute atomic E-state index is 0.183. The molecule has 0 bridgehead atoms. The minimum atomic E-state index is -0.421. The number of nitrogens with one attached hydrogen (secondary N) is 1. The third-order valence-electron chi connectivity index (χ3n) is 3.17. The van der Waals surface area contributed by atoms with Crippen molar-refractivity contribution in [2.45, 2.75) is 6.42 Å². The Labute approximate surface area is 139 Å². The SMILES string of the molecule is COC(=O)c1ccc(NC(=O)Cc2ccc(OC)c(Cl)c2)cc1. The lowest BCUT2D eigenvalue weighted by Gasteiger charge is -2.08. The number of ether oxygens (including phenoxy) is 2. The summed E-state index contributed by atoms with van der Waals surface area (Å²) in [5.74, 6) is -0.0398. The minimum Gasteiger partial charge on any atom is -0.495 e. The molecule has 0 aliphatic heterocycles. The van der Waals surface area contributed by atoms with Gasteiger partial charge in [-0.3, -0.25) is 4.79 Å². The number of hydrogen-bond donors (Lipinski definition) is 1. The molecule has 0 radical (unpaired) electrons. The molecule has 0 aromatic heterocycles. The molecule has 1 N–H and O–H groups in total. The van der Waals surface area contributed by atoms with Gasteiger partial charge in [-0.25, -0.2) is 4.79 Å². The average molecular weight is 334 g/mol. The molecule has 5 nitrogen and oxygen atoms in total. The van der Waals surface area contributed by atoms with Crippen molar-refractivity contribution in [2.75, 3.05) is 19.5 Å². The summed E-state index contributed by atoms with van der Waals surface area (Å²) in [6.45, 7) is 0. The van der Waals surface area contributed by atoms with Crippen LogP contribution < -0.4 is 10.1 Å². The topological polar surface area (TPSA) is 64.6 Å². The number of carbonyl (C=O) groups excluding carboxylic acids is 2. The molecule has 0 fully saturated rings. The van der Waals surface area contributed by atoms with E-state index in [-0.39, 0.29) is 12.3 Å². The van der Waals surface area contributed by atoms with Gasteiger partial charge in [0.05, 0.1) is 31.2 Å². The second kappa shape index (κ2) is 7.65. The van der Waals surface area contributed by atoms with E-state index in [0.29, 0.717) is 22.0 Å². The zero-order valence-corrected chi connectivity index (χ0v) is 13.5. The molecule has 120 valence electrons. The first kappa shape index (κ1) is 16.8. The molecule has 0 saturated carbocycles. The van der Waals surface area contributed by atoms with Gasteiger partial charge in [-0.15, -0.1) is 0 Å². The van der Waals surface area contributed by atoms with E-state index in [4.69, 9.17) is 16.3 Å². The lowest BCUT2D eigenvalue weighted by atomic mass is 10.1. The predicted molar refractivity (Wildman–Crippen MR) is 88.1 cm³/mol. The average Bonchev–Trinajstić information content (AvgIpc) is 2.55. The van der Waals surface area contributed by atoms with Gasteiger partial charge >= 0.3 is 5.97 Å². The van der Waals surface area contributed by atoms with E-state index in [1.807, 2.05) is 0 Å². The largest absolute Gasteiger partial charge is 0.495 e. The van der Waals surface area contributed by atoms with Crippen LogP contribution in [0.3, 0.4) is 0 Å². The zero-order chi connectivity index (χ0) is 16.8. The Hall–Kier alpha value is -2.53. The van der Waals surface area contributed by atoms with Crippen LogP contribution in [0.2, 0.25) is 5.02 Å². The third-order valence-corrected chi connectivity index (χ3v) is 3.47.